The molecule has 3 nitrogen and oxygen atoms in total. The molecule has 0 heterocycles. The molecule has 1 aromatic rings. The monoisotopic (exact) mass is 423 g/mol. The fourth-order valence-corrected chi connectivity index (χ4v) is 3.92. The van der Waals surface area contributed by atoms with Crippen LogP contribution in [-0.4, -0.2) is 38.0 Å². The molecule has 0 aromatic heterocycles. The first-order chi connectivity index (χ1) is 14.9. The topological polar surface area (TPSA) is 46.2 Å². The van der Waals surface area contributed by atoms with Crippen LogP contribution in [0, 0.1) is 5.92 Å². The first-order valence-electron chi connectivity index (χ1n) is 12.5. The fraction of sp³-hybridized carbons (Fsp3) is 0.704. The maximum atomic E-state index is 10.6. The van der Waals surface area contributed by atoms with Crippen molar-refractivity contribution in [1.82, 2.24) is 5.32 Å². The van der Waals surface area contributed by atoms with Crippen LogP contribution in [0.25, 0.3) is 0 Å². The van der Waals surface area contributed by atoms with Crippen molar-refractivity contribution in [3.05, 3.63) is 35.9 Å². The molecule has 0 bridgehead atoms. The van der Waals surface area contributed by atoms with Gasteiger partial charge < -0.3 is 14.9 Å². The number of nitrogens with one attached hydrogen (secondary N) is 1. The molecule has 31 heavy (non-hydrogen) atoms. The van der Waals surface area contributed by atoms with Gasteiger partial charge in [0.15, 0.2) is 0 Å². The van der Waals surface area contributed by atoms with Crippen LogP contribution in [-0.2, 0) is 16.1 Å². The minimum atomic E-state index is -0.369. The van der Waals surface area contributed by atoms with Gasteiger partial charge in [-0.25, -0.2) is 0 Å². The first kappa shape index (κ1) is 30.1. The van der Waals surface area contributed by atoms with Gasteiger partial charge in [-0.15, -0.1) is 0 Å². The number of unbranched alkanes of at least 4 members (excludes halogenated alkanes) is 14. The normalized spacial score (nSPS) is 10.7. The van der Waals surface area contributed by atoms with E-state index in [0.29, 0.717) is 0 Å². The van der Waals surface area contributed by atoms with Crippen LogP contribution in [0.3, 0.4) is 0 Å². The predicted octanol–water partition coefficient (Wildman–Crippen LogP) is 6.38. The van der Waals surface area contributed by atoms with Crippen molar-refractivity contribution in [1.29, 1.82) is 0 Å². The van der Waals surface area contributed by atoms with Gasteiger partial charge in [-0.2, -0.15) is 0 Å². The SMILES string of the molecule is O=CC(C=O)CCCCCCCCCCCCCCCCCNCc1ccccc1.[LiH]. The van der Waals surface area contributed by atoms with Gasteiger partial charge in [0.05, 0.1) is 5.92 Å². The molecule has 0 aliphatic carbocycles. The fourth-order valence-electron chi connectivity index (χ4n) is 3.92. The number of hydrogen-bond acceptors (Lipinski definition) is 3. The Morgan fingerprint density at radius 3 is 1.48 bits per heavy atom. The number of carbonyl (C=O) groups is 2. The van der Waals surface area contributed by atoms with E-state index < -0.39 is 0 Å². The van der Waals surface area contributed by atoms with Crippen LogP contribution in [0.1, 0.15) is 108 Å². The van der Waals surface area contributed by atoms with Gasteiger partial charge in [0, 0.05) is 6.54 Å². The Morgan fingerprint density at radius 2 is 1.03 bits per heavy atom. The summed E-state index contributed by atoms with van der Waals surface area (Å²) in [7, 11) is 0. The van der Waals surface area contributed by atoms with Gasteiger partial charge in [-0.1, -0.05) is 120 Å². The van der Waals surface area contributed by atoms with Crippen molar-refractivity contribution in [2.75, 3.05) is 6.54 Å². The Bertz CT molecular complexity index is 501. The molecule has 0 aliphatic heterocycles. The van der Waals surface area contributed by atoms with Crippen molar-refractivity contribution >= 4 is 31.4 Å². The van der Waals surface area contributed by atoms with Crippen molar-refractivity contribution < 1.29 is 9.59 Å². The van der Waals surface area contributed by atoms with Crippen LogP contribution < -0.4 is 5.32 Å². The molecule has 0 aliphatic rings. The Labute approximate surface area is 203 Å². The summed E-state index contributed by atoms with van der Waals surface area (Å²) in [6, 6.07) is 10.6. The summed E-state index contributed by atoms with van der Waals surface area (Å²) in [6.45, 7) is 2.12. The van der Waals surface area contributed by atoms with Crippen LogP contribution >= 0.6 is 0 Å². The van der Waals surface area contributed by atoms with Crippen LogP contribution in [0.2, 0.25) is 0 Å². The summed E-state index contributed by atoms with van der Waals surface area (Å²) in [5, 5.41) is 3.54. The maximum absolute atomic E-state index is 10.6. The average molecular weight is 424 g/mol. The zero-order chi connectivity index (χ0) is 21.5. The van der Waals surface area contributed by atoms with E-state index in [0.717, 1.165) is 44.9 Å². The van der Waals surface area contributed by atoms with E-state index in [9.17, 15) is 9.59 Å². The van der Waals surface area contributed by atoms with Crippen molar-refractivity contribution in [2.24, 2.45) is 5.92 Å². The summed E-state index contributed by atoms with van der Waals surface area (Å²) < 4.78 is 0. The Kier molecular flexibility index (Phi) is 23.1. The summed E-state index contributed by atoms with van der Waals surface area (Å²) in [6.07, 6.45) is 22.1. The van der Waals surface area contributed by atoms with Gasteiger partial charge in [0.2, 0.25) is 0 Å². The molecular weight excluding hydrogens is 377 g/mol. The van der Waals surface area contributed by atoms with E-state index in [1.54, 1.807) is 0 Å². The minimum absolute atomic E-state index is 0. The standard InChI is InChI=1S/C27H45NO2.Li.H/c29-24-27(25-30)21-15-12-10-8-6-4-2-1-3-5-7-9-11-13-18-22-28-23-26-19-16-14-17-20-26;;/h14,16-17,19-20,24-25,27-28H,1-13,15,18,21-23H2;;. The van der Waals surface area contributed by atoms with E-state index in [-0.39, 0.29) is 24.8 Å². The summed E-state index contributed by atoms with van der Waals surface area (Å²) >= 11 is 0. The Hall–Kier alpha value is -0.883. The quantitative estimate of drug-likeness (QED) is 0.102. The molecule has 0 atom stereocenters. The van der Waals surface area contributed by atoms with Crippen LogP contribution in [0.4, 0.5) is 0 Å². The number of rotatable bonds is 22. The van der Waals surface area contributed by atoms with Crippen LogP contribution in [0.5, 0.6) is 0 Å². The Morgan fingerprint density at radius 1 is 0.613 bits per heavy atom. The van der Waals surface area contributed by atoms with Gasteiger partial charge in [0.1, 0.15) is 12.6 Å². The van der Waals surface area contributed by atoms with Crippen LogP contribution in [0.15, 0.2) is 30.3 Å². The molecule has 1 rings (SSSR count). The van der Waals surface area contributed by atoms with E-state index >= 15 is 0 Å². The summed E-state index contributed by atoms with van der Waals surface area (Å²) in [4.78, 5) is 21.1. The number of carbonyl (C=O) groups excluding carboxylic acids is 2. The van der Waals surface area contributed by atoms with Crippen molar-refractivity contribution in [3.8, 4) is 0 Å². The summed E-state index contributed by atoms with van der Waals surface area (Å²) in [5.41, 5.74) is 1.37. The van der Waals surface area contributed by atoms with Gasteiger partial charge in [-0.3, -0.25) is 0 Å². The molecule has 1 aromatic carbocycles. The second-order valence-corrected chi connectivity index (χ2v) is 8.69. The number of benzene rings is 1. The second kappa shape index (κ2) is 23.8. The van der Waals surface area contributed by atoms with E-state index in [1.807, 2.05) is 0 Å². The third-order valence-electron chi connectivity index (χ3n) is 5.91. The molecule has 172 valence electrons. The molecular formula is C27H46LiNO2. The van der Waals surface area contributed by atoms with Crippen molar-refractivity contribution in [3.63, 3.8) is 0 Å². The molecule has 0 saturated carbocycles. The average Bonchev–Trinajstić information content (AvgIpc) is 2.78. The first-order valence-corrected chi connectivity index (χ1v) is 12.5. The van der Waals surface area contributed by atoms with E-state index in [1.165, 1.54) is 89.0 Å². The molecule has 0 saturated heterocycles. The van der Waals surface area contributed by atoms with E-state index in [4.69, 9.17) is 0 Å². The predicted molar refractivity (Wildman–Crippen MR) is 135 cm³/mol. The molecule has 0 amide bonds. The van der Waals surface area contributed by atoms with Gasteiger partial charge in [0.25, 0.3) is 0 Å². The van der Waals surface area contributed by atoms with Gasteiger partial charge in [-0.05, 0) is 24.9 Å². The third-order valence-corrected chi connectivity index (χ3v) is 5.91. The molecule has 1 N–H and O–H groups in total. The van der Waals surface area contributed by atoms with Crippen molar-refractivity contribution in [2.45, 2.75) is 109 Å². The van der Waals surface area contributed by atoms with E-state index in [2.05, 4.69) is 35.6 Å². The zero-order valence-corrected chi connectivity index (χ0v) is 19.2. The zero-order valence-electron chi connectivity index (χ0n) is 19.2. The third kappa shape index (κ3) is 19.5. The number of aldehydes is 2. The summed E-state index contributed by atoms with van der Waals surface area (Å²) in [5.74, 6) is -0.369. The molecule has 4 heteroatoms. The molecule has 0 spiro atoms. The number of hydrogen-bond donors (Lipinski definition) is 1. The molecule has 0 radical (unpaired) electrons. The Balaban J connectivity index is 0.00000900. The molecule has 0 fully saturated rings. The molecule has 0 unspecified atom stereocenters. The van der Waals surface area contributed by atoms with Gasteiger partial charge >= 0.3 is 18.9 Å². The second-order valence-electron chi connectivity index (χ2n) is 8.69.